The van der Waals surface area contributed by atoms with Gasteiger partial charge in [0.1, 0.15) is 0 Å². The average Bonchev–Trinajstić information content (AvgIpc) is 2.19. The third kappa shape index (κ3) is 3.88. The molecular formula is C10H21NOS. The maximum absolute atomic E-state index is 9.17. The van der Waals surface area contributed by atoms with Crippen LogP contribution in [0.15, 0.2) is 0 Å². The predicted molar refractivity (Wildman–Crippen MR) is 59.3 cm³/mol. The molecule has 1 atom stereocenters. The Hall–Kier alpha value is 0.270. The van der Waals surface area contributed by atoms with E-state index >= 15 is 0 Å². The molecule has 0 saturated carbocycles. The number of aliphatic hydroxyl groups is 1. The first-order chi connectivity index (χ1) is 6.38. The Morgan fingerprint density at radius 3 is 3.00 bits per heavy atom. The normalized spacial score (nSPS) is 24.9. The number of hydrogen-bond donors (Lipinski definition) is 1. The number of likely N-dealkylation sites (tertiary alicyclic amines) is 1. The molecule has 1 fully saturated rings. The Morgan fingerprint density at radius 1 is 1.46 bits per heavy atom. The largest absolute Gasteiger partial charge is 0.395 e. The number of rotatable bonds is 5. The molecule has 2 nitrogen and oxygen atoms in total. The van der Waals surface area contributed by atoms with Gasteiger partial charge in [0.25, 0.3) is 0 Å². The molecule has 1 N–H and O–H groups in total. The van der Waals surface area contributed by atoms with Crippen LogP contribution in [0.4, 0.5) is 0 Å². The molecule has 1 saturated heterocycles. The fourth-order valence-corrected chi connectivity index (χ4v) is 2.39. The van der Waals surface area contributed by atoms with E-state index in [2.05, 4.69) is 11.2 Å². The molecule has 0 aromatic rings. The van der Waals surface area contributed by atoms with E-state index < -0.39 is 0 Å². The zero-order valence-corrected chi connectivity index (χ0v) is 9.35. The monoisotopic (exact) mass is 203 g/mol. The first-order valence-electron chi connectivity index (χ1n) is 5.22. The van der Waals surface area contributed by atoms with E-state index in [1.807, 2.05) is 11.8 Å². The smallest absolute Gasteiger partial charge is 0.0586 e. The first kappa shape index (κ1) is 11.3. The highest BCUT2D eigenvalue weighted by Gasteiger charge is 2.20. The molecule has 0 unspecified atom stereocenters. The Balaban J connectivity index is 2.19. The van der Waals surface area contributed by atoms with Gasteiger partial charge in [0.05, 0.1) is 6.61 Å². The van der Waals surface area contributed by atoms with Crippen molar-refractivity contribution in [2.24, 2.45) is 0 Å². The van der Waals surface area contributed by atoms with Crippen molar-refractivity contribution in [3.8, 4) is 0 Å². The zero-order chi connectivity index (χ0) is 9.52. The third-order valence-corrected chi connectivity index (χ3v) is 3.45. The summed E-state index contributed by atoms with van der Waals surface area (Å²) in [5.41, 5.74) is 0. The van der Waals surface area contributed by atoms with Gasteiger partial charge in [-0.3, -0.25) is 4.90 Å². The topological polar surface area (TPSA) is 23.5 Å². The van der Waals surface area contributed by atoms with Crippen LogP contribution in [0.2, 0.25) is 0 Å². The van der Waals surface area contributed by atoms with Gasteiger partial charge in [0.2, 0.25) is 0 Å². The first-order valence-corrected chi connectivity index (χ1v) is 6.61. The molecule has 0 aromatic heterocycles. The van der Waals surface area contributed by atoms with E-state index in [9.17, 15) is 5.11 Å². The fraction of sp³-hybridized carbons (Fsp3) is 1.00. The average molecular weight is 203 g/mol. The molecule has 0 aliphatic carbocycles. The van der Waals surface area contributed by atoms with Crippen LogP contribution in [-0.2, 0) is 0 Å². The molecule has 1 aliphatic rings. The highest BCUT2D eigenvalue weighted by molar-refractivity contribution is 7.98. The van der Waals surface area contributed by atoms with Crippen LogP contribution in [0.25, 0.3) is 0 Å². The maximum atomic E-state index is 9.17. The van der Waals surface area contributed by atoms with Gasteiger partial charge in [-0.1, -0.05) is 6.42 Å². The second-order valence-corrected chi connectivity index (χ2v) is 4.70. The van der Waals surface area contributed by atoms with E-state index in [0.717, 1.165) is 0 Å². The number of thioether (sulfide) groups is 1. The minimum Gasteiger partial charge on any atom is -0.395 e. The van der Waals surface area contributed by atoms with Crippen LogP contribution in [-0.4, -0.2) is 47.8 Å². The minimum atomic E-state index is 0.346. The van der Waals surface area contributed by atoms with Gasteiger partial charge in [-0.25, -0.2) is 0 Å². The second-order valence-electron chi connectivity index (χ2n) is 3.71. The molecule has 13 heavy (non-hydrogen) atoms. The Kier molecular flexibility index (Phi) is 5.83. The summed E-state index contributed by atoms with van der Waals surface area (Å²) in [5.74, 6) is 1.24. The molecule has 1 aliphatic heterocycles. The number of nitrogens with zero attached hydrogens (tertiary/aromatic N) is 1. The summed E-state index contributed by atoms with van der Waals surface area (Å²) in [7, 11) is 0. The maximum Gasteiger partial charge on any atom is 0.0586 e. The summed E-state index contributed by atoms with van der Waals surface area (Å²) in [6.45, 7) is 2.71. The lowest BCUT2D eigenvalue weighted by molar-refractivity contribution is 0.0907. The summed E-state index contributed by atoms with van der Waals surface area (Å²) in [5, 5.41) is 9.17. The molecule has 1 rings (SSSR count). The number of aliphatic hydroxyl groups excluding tert-OH is 1. The van der Waals surface area contributed by atoms with Crippen molar-refractivity contribution >= 4 is 11.8 Å². The number of hydrogen-bond acceptors (Lipinski definition) is 3. The van der Waals surface area contributed by atoms with Crippen molar-refractivity contribution in [3.63, 3.8) is 0 Å². The van der Waals surface area contributed by atoms with Crippen molar-refractivity contribution in [2.75, 3.05) is 31.7 Å². The van der Waals surface area contributed by atoms with Crippen LogP contribution in [0.3, 0.4) is 0 Å². The summed E-state index contributed by atoms with van der Waals surface area (Å²) in [4.78, 5) is 2.46. The van der Waals surface area contributed by atoms with Gasteiger partial charge >= 0.3 is 0 Å². The van der Waals surface area contributed by atoms with Crippen molar-refractivity contribution in [1.82, 2.24) is 4.90 Å². The van der Waals surface area contributed by atoms with E-state index in [4.69, 9.17) is 0 Å². The van der Waals surface area contributed by atoms with E-state index in [-0.39, 0.29) is 0 Å². The van der Waals surface area contributed by atoms with Crippen molar-refractivity contribution < 1.29 is 5.11 Å². The van der Waals surface area contributed by atoms with Gasteiger partial charge in [0.15, 0.2) is 0 Å². The lowest BCUT2D eigenvalue weighted by Crippen LogP contribution is -2.42. The standard InChI is InChI=1S/C10H21NOS/c1-13-8-4-7-11-6-3-2-5-10(11)9-12/h10,12H,2-9H2,1H3/t10-/m1/s1. The van der Waals surface area contributed by atoms with Gasteiger partial charge in [0, 0.05) is 6.04 Å². The quantitative estimate of drug-likeness (QED) is 0.686. The SMILES string of the molecule is CSCCCN1CCCC[C@@H]1CO. The summed E-state index contributed by atoms with van der Waals surface area (Å²) >= 11 is 1.91. The Bertz CT molecular complexity index is 132. The van der Waals surface area contributed by atoms with Crippen molar-refractivity contribution in [3.05, 3.63) is 0 Å². The predicted octanol–water partition coefficient (Wildman–Crippen LogP) is 1.59. The lowest BCUT2D eigenvalue weighted by Gasteiger charge is -2.34. The Labute approximate surface area is 85.7 Å². The molecule has 0 aromatic carbocycles. The van der Waals surface area contributed by atoms with Crippen LogP contribution in [0.5, 0.6) is 0 Å². The third-order valence-electron chi connectivity index (χ3n) is 2.75. The van der Waals surface area contributed by atoms with E-state index in [1.54, 1.807) is 0 Å². The van der Waals surface area contributed by atoms with Gasteiger partial charge in [-0.15, -0.1) is 0 Å². The highest BCUT2D eigenvalue weighted by atomic mass is 32.2. The van der Waals surface area contributed by atoms with Crippen LogP contribution in [0, 0.1) is 0 Å². The van der Waals surface area contributed by atoms with Crippen molar-refractivity contribution in [2.45, 2.75) is 31.7 Å². The van der Waals surface area contributed by atoms with Gasteiger partial charge < -0.3 is 5.11 Å². The molecule has 3 heteroatoms. The van der Waals surface area contributed by atoms with Crippen molar-refractivity contribution in [1.29, 1.82) is 0 Å². The van der Waals surface area contributed by atoms with Crippen LogP contribution in [0.1, 0.15) is 25.7 Å². The molecule has 1 heterocycles. The van der Waals surface area contributed by atoms with E-state index in [1.165, 1.54) is 44.5 Å². The number of piperidine rings is 1. The molecule has 0 amide bonds. The fourth-order valence-electron chi connectivity index (χ4n) is 1.97. The van der Waals surface area contributed by atoms with Gasteiger partial charge in [-0.05, 0) is 44.4 Å². The molecule has 0 radical (unpaired) electrons. The summed E-state index contributed by atoms with van der Waals surface area (Å²) in [6, 6.07) is 0.454. The molecular weight excluding hydrogens is 182 g/mol. The van der Waals surface area contributed by atoms with Crippen LogP contribution < -0.4 is 0 Å². The lowest BCUT2D eigenvalue weighted by atomic mass is 10.0. The van der Waals surface area contributed by atoms with Gasteiger partial charge in [-0.2, -0.15) is 11.8 Å². The summed E-state index contributed by atoms with van der Waals surface area (Å²) < 4.78 is 0. The zero-order valence-electron chi connectivity index (χ0n) is 8.54. The van der Waals surface area contributed by atoms with Crippen LogP contribution >= 0.6 is 11.8 Å². The highest BCUT2D eigenvalue weighted by Crippen LogP contribution is 2.16. The van der Waals surface area contributed by atoms with E-state index in [0.29, 0.717) is 12.6 Å². The Morgan fingerprint density at radius 2 is 2.31 bits per heavy atom. The molecule has 78 valence electrons. The minimum absolute atomic E-state index is 0.346. The molecule has 0 spiro atoms. The second kappa shape index (κ2) is 6.68. The molecule has 0 bridgehead atoms. The summed E-state index contributed by atoms with van der Waals surface area (Å²) in [6.07, 6.45) is 7.22.